The fourth-order valence-corrected chi connectivity index (χ4v) is 0.761. The number of hydrogen-bond acceptors (Lipinski definition) is 2. The first kappa shape index (κ1) is 14.2. The van der Waals surface area contributed by atoms with E-state index in [0.717, 1.165) is 19.3 Å². The van der Waals surface area contributed by atoms with Crippen LogP contribution in [0.5, 0.6) is 0 Å². The second-order valence-electron chi connectivity index (χ2n) is 3.10. The zero-order chi connectivity index (χ0) is 9.98. The van der Waals surface area contributed by atoms with E-state index in [-0.39, 0.29) is 0 Å². The summed E-state index contributed by atoms with van der Waals surface area (Å²) < 4.78 is 0. The van der Waals surface area contributed by atoms with Crippen molar-refractivity contribution in [3.8, 4) is 0 Å². The van der Waals surface area contributed by atoms with E-state index in [1.54, 1.807) is 0 Å². The summed E-state index contributed by atoms with van der Waals surface area (Å²) in [6.07, 6.45) is 2.82. The summed E-state index contributed by atoms with van der Waals surface area (Å²) in [7, 11) is 4.10. The smallest absolute Gasteiger partial charge is 0.120 e. The number of aldehydes is 1. The van der Waals surface area contributed by atoms with E-state index in [2.05, 4.69) is 11.8 Å². The third kappa shape index (κ3) is 12.3. The van der Waals surface area contributed by atoms with Crippen molar-refractivity contribution in [2.75, 3.05) is 20.6 Å². The Labute approximate surface area is 77.0 Å². The highest BCUT2D eigenvalue weighted by atomic mass is 16.1. The third-order valence-electron chi connectivity index (χ3n) is 1.57. The van der Waals surface area contributed by atoms with Gasteiger partial charge in [0.1, 0.15) is 6.29 Å². The largest absolute Gasteiger partial charge is 0.309 e. The molecule has 0 N–H and O–H groups in total. The van der Waals surface area contributed by atoms with Crippen LogP contribution in [-0.4, -0.2) is 31.8 Å². The number of rotatable bonds is 5. The van der Waals surface area contributed by atoms with Gasteiger partial charge in [-0.1, -0.05) is 20.8 Å². The zero-order valence-corrected chi connectivity index (χ0v) is 9.13. The van der Waals surface area contributed by atoms with Gasteiger partial charge in [-0.3, -0.25) is 0 Å². The van der Waals surface area contributed by atoms with Gasteiger partial charge in [0.05, 0.1) is 0 Å². The number of hydrogen-bond donors (Lipinski definition) is 0. The Morgan fingerprint density at radius 3 is 2.17 bits per heavy atom. The molecule has 0 radical (unpaired) electrons. The van der Waals surface area contributed by atoms with Crippen molar-refractivity contribution >= 4 is 6.29 Å². The number of nitrogens with zero attached hydrogens (tertiary/aromatic N) is 1. The van der Waals surface area contributed by atoms with E-state index in [4.69, 9.17) is 0 Å². The SMILES string of the molecule is CC.CC(CC=O)CCN(C)C. The van der Waals surface area contributed by atoms with Crippen molar-refractivity contribution in [1.82, 2.24) is 4.90 Å². The van der Waals surface area contributed by atoms with Crippen molar-refractivity contribution < 1.29 is 4.79 Å². The normalized spacial score (nSPS) is 11.8. The molecule has 0 aliphatic heterocycles. The molecular weight excluding hydrogens is 150 g/mol. The molecule has 0 fully saturated rings. The highest BCUT2D eigenvalue weighted by Gasteiger charge is 2.00. The first-order chi connectivity index (χ1) is 5.66. The zero-order valence-electron chi connectivity index (χ0n) is 9.13. The molecule has 0 spiro atoms. The van der Waals surface area contributed by atoms with E-state index < -0.39 is 0 Å². The minimum absolute atomic E-state index is 0.542. The van der Waals surface area contributed by atoms with Crippen LogP contribution in [0.2, 0.25) is 0 Å². The molecule has 12 heavy (non-hydrogen) atoms. The predicted octanol–water partition coefficient (Wildman–Crippen LogP) is 2.19. The summed E-state index contributed by atoms with van der Waals surface area (Å²) in [5, 5.41) is 0. The topological polar surface area (TPSA) is 20.3 Å². The van der Waals surface area contributed by atoms with Gasteiger partial charge in [-0.15, -0.1) is 0 Å². The van der Waals surface area contributed by atoms with Gasteiger partial charge in [-0.25, -0.2) is 0 Å². The third-order valence-corrected chi connectivity index (χ3v) is 1.57. The van der Waals surface area contributed by atoms with E-state index >= 15 is 0 Å². The molecule has 1 unspecified atom stereocenters. The fraction of sp³-hybridized carbons (Fsp3) is 0.900. The average Bonchev–Trinajstić information content (AvgIpc) is 2.05. The molecule has 0 heterocycles. The minimum Gasteiger partial charge on any atom is -0.309 e. The first-order valence-electron chi connectivity index (χ1n) is 4.75. The van der Waals surface area contributed by atoms with Crippen LogP contribution in [0, 0.1) is 5.92 Å². The second-order valence-corrected chi connectivity index (χ2v) is 3.10. The van der Waals surface area contributed by atoms with E-state index in [9.17, 15) is 4.79 Å². The molecule has 0 aromatic heterocycles. The average molecular weight is 173 g/mol. The predicted molar refractivity (Wildman–Crippen MR) is 54.4 cm³/mol. The lowest BCUT2D eigenvalue weighted by Gasteiger charge is -2.12. The van der Waals surface area contributed by atoms with Crippen LogP contribution in [0.4, 0.5) is 0 Å². The maximum atomic E-state index is 10.0. The Bertz CT molecular complexity index is 91.8. The Balaban J connectivity index is 0. The van der Waals surface area contributed by atoms with Gasteiger partial charge in [0, 0.05) is 6.42 Å². The van der Waals surface area contributed by atoms with Gasteiger partial charge in [0.15, 0.2) is 0 Å². The summed E-state index contributed by atoms with van der Waals surface area (Å²) in [4.78, 5) is 12.2. The summed E-state index contributed by atoms with van der Waals surface area (Å²) in [6, 6.07) is 0. The molecule has 0 amide bonds. The standard InChI is InChI=1S/C8H17NO.C2H6/c1-8(5-7-10)4-6-9(2)3;1-2/h7-8H,4-6H2,1-3H3;1-2H3. The molecule has 0 aliphatic rings. The molecule has 2 heteroatoms. The molecule has 1 atom stereocenters. The molecule has 74 valence electrons. The molecular formula is C10H23NO. The molecule has 0 saturated carbocycles. The van der Waals surface area contributed by atoms with Crippen molar-refractivity contribution in [2.45, 2.75) is 33.6 Å². The van der Waals surface area contributed by atoms with Crippen LogP contribution in [0.25, 0.3) is 0 Å². The molecule has 0 bridgehead atoms. The number of carbonyl (C=O) groups is 1. The van der Waals surface area contributed by atoms with Crippen molar-refractivity contribution in [1.29, 1.82) is 0 Å². The van der Waals surface area contributed by atoms with Gasteiger partial charge in [-0.2, -0.15) is 0 Å². The van der Waals surface area contributed by atoms with E-state index in [0.29, 0.717) is 12.3 Å². The lowest BCUT2D eigenvalue weighted by atomic mass is 10.1. The van der Waals surface area contributed by atoms with Gasteiger partial charge >= 0.3 is 0 Å². The lowest BCUT2D eigenvalue weighted by molar-refractivity contribution is -0.108. The summed E-state index contributed by atoms with van der Waals surface area (Å²) in [5.74, 6) is 0.542. The van der Waals surface area contributed by atoms with Crippen LogP contribution in [0.1, 0.15) is 33.6 Å². The van der Waals surface area contributed by atoms with Gasteiger partial charge in [-0.05, 0) is 33.0 Å². The Morgan fingerprint density at radius 1 is 1.33 bits per heavy atom. The minimum atomic E-state index is 0.542. The summed E-state index contributed by atoms with van der Waals surface area (Å²) in [5.41, 5.74) is 0. The maximum Gasteiger partial charge on any atom is 0.120 e. The molecule has 0 aromatic carbocycles. The molecule has 0 rings (SSSR count). The van der Waals surface area contributed by atoms with Crippen LogP contribution in [-0.2, 0) is 4.79 Å². The monoisotopic (exact) mass is 173 g/mol. The Hall–Kier alpha value is -0.370. The van der Waals surface area contributed by atoms with Gasteiger partial charge in [0.25, 0.3) is 0 Å². The molecule has 0 aliphatic carbocycles. The van der Waals surface area contributed by atoms with Crippen molar-refractivity contribution in [3.05, 3.63) is 0 Å². The molecule has 0 aromatic rings. The molecule has 2 nitrogen and oxygen atoms in total. The maximum absolute atomic E-state index is 10.0. The lowest BCUT2D eigenvalue weighted by Crippen LogP contribution is -2.15. The summed E-state index contributed by atoms with van der Waals surface area (Å²) >= 11 is 0. The van der Waals surface area contributed by atoms with Crippen LogP contribution < -0.4 is 0 Å². The van der Waals surface area contributed by atoms with E-state index in [1.807, 2.05) is 27.9 Å². The van der Waals surface area contributed by atoms with E-state index in [1.165, 1.54) is 0 Å². The van der Waals surface area contributed by atoms with Crippen molar-refractivity contribution in [2.24, 2.45) is 5.92 Å². The Kier molecular flexibility index (Phi) is 12.6. The molecule has 0 saturated heterocycles. The quantitative estimate of drug-likeness (QED) is 0.594. The van der Waals surface area contributed by atoms with Crippen LogP contribution in [0.15, 0.2) is 0 Å². The van der Waals surface area contributed by atoms with Crippen LogP contribution >= 0.6 is 0 Å². The highest BCUT2D eigenvalue weighted by Crippen LogP contribution is 2.04. The van der Waals surface area contributed by atoms with Gasteiger partial charge in [0.2, 0.25) is 0 Å². The first-order valence-corrected chi connectivity index (χ1v) is 4.75. The number of carbonyl (C=O) groups excluding carboxylic acids is 1. The van der Waals surface area contributed by atoms with Crippen molar-refractivity contribution in [3.63, 3.8) is 0 Å². The highest BCUT2D eigenvalue weighted by molar-refractivity contribution is 5.49. The fourth-order valence-electron chi connectivity index (χ4n) is 0.761. The Morgan fingerprint density at radius 2 is 1.83 bits per heavy atom. The summed E-state index contributed by atoms with van der Waals surface area (Å²) in [6.45, 7) is 7.19. The van der Waals surface area contributed by atoms with Gasteiger partial charge < -0.3 is 9.69 Å². The second kappa shape index (κ2) is 10.6. The van der Waals surface area contributed by atoms with Crippen LogP contribution in [0.3, 0.4) is 0 Å².